The van der Waals surface area contributed by atoms with Gasteiger partial charge in [0.1, 0.15) is 0 Å². The maximum atomic E-state index is 11.1. The number of nitrogens with two attached hydrogens (primary N) is 1. The molecular weight excluding hydrogens is 152 g/mol. The second-order valence-electron chi connectivity index (χ2n) is 2.48. The minimum absolute atomic E-state index is 0.0708. The Bertz CT molecular complexity index is 266. The van der Waals surface area contributed by atoms with Crippen molar-refractivity contribution in [2.45, 2.75) is 6.54 Å². The Morgan fingerprint density at radius 1 is 1.42 bits per heavy atom. The molecule has 3 nitrogen and oxygen atoms in total. The number of benzene rings is 1. The van der Waals surface area contributed by atoms with Crippen LogP contribution in [0.5, 0.6) is 0 Å². The average molecular weight is 164 g/mol. The van der Waals surface area contributed by atoms with Gasteiger partial charge in [-0.05, 0) is 17.7 Å². The molecule has 0 fully saturated rings. The minimum Gasteiger partial charge on any atom is -0.355 e. The molecule has 64 valence electrons. The van der Waals surface area contributed by atoms with Crippen molar-refractivity contribution in [3.8, 4) is 0 Å². The Kier molecular flexibility index (Phi) is 2.82. The van der Waals surface area contributed by atoms with E-state index in [-0.39, 0.29) is 5.91 Å². The van der Waals surface area contributed by atoms with Gasteiger partial charge in [0.25, 0.3) is 5.91 Å². The van der Waals surface area contributed by atoms with Crippen LogP contribution in [0.3, 0.4) is 0 Å². The van der Waals surface area contributed by atoms with Crippen LogP contribution < -0.4 is 11.1 Å². The Hall–Kier alpha value is -1.35. The van der Waals surface area contributed by atoms with Crippen LogP contribution in [0.2, 0.25) is 0 Å². The molecule has 0 atom stereocenters. The SMILES string of the molecule is CNC(=O)c1ccc(CN)cc1. The molecule has 0 radical (unpaired) electrons. The summed E-state index contributed by atoms with van der Waals surface area (Å²) < 4.78 is 0. The summed E-state index contributed by atoms with van der Waals surface area (Å²) in [4.78, 5) is 11.1. The molecule has 1 aromatic carbocycles. The lowest BCUT2D eigenvalue weighted by atomic mass is 10.1. The zero-order chi connectivity index (χ0) is 8.97. The molecule has 1 rings (SSSR count). The smallest absolute Gasteiger partial charge is 0.251 e. The highest BCUT2D eigenvalue weighted by Crippen LogP contribution is 2.02. The molecule has 12 heavy (non-hydrogen) atoms. The molecule has 1 aromatic rings. The van der Waals surface area contributed by atoms with E-state index in [9.17, 15) is 4.79 Å². The van der Waals surface area contributed by atoms with Gasteiger partial charge in [0.2, 0.25) is 0 Å². The second kappa shape index (κ2) is 3.88. The van der Waals surface area contributed by atoms with E-state index in [1.807, 2.05) is 12.1 Å². The fourth-order valence-electron chi connectivity index (χ4n) is 0.937. The van der Waals surface area contributed by atoms with Crippen LogP contribution in [0.4, 0.5) is 0 Å². The predicted molar refractivity (Wildman–Crippen MR) is 47.7 cm³/mol. The first-order valence-corrected chi connectivity index (χ1v) is 3.79. The molecule has 0 aromatic heterocycles. The lowest BCUT2D eigenvalue weighted by molar-refractivity contribution is 0.0963. The lowest BCUT2D eigenvalue weighted by Gasteiger charge is -2.00. The van der Waals surface area contributed by atoms with Gasteiger partial charge < -0.3 is 11.1 Å². The highest BCUT2D eigenvalue weighted by molar-refractivity contribution is 5.93. The third-order valence-corrected chi connectivity index (χ3v) is 1.68. The van der Waals surface area contributed by atoms with Crippen LogP contribution in [0.25, 0.3) is 0 Å². The molecular formula is C9H12N2O. The number of hydrogen-bond acceptors (Lipinski definition) is 2. The number of carbonyl (C=O) groups is 1. The third kappa shape index (κ3) is 1.83. The van der Waals surface area contributed by atoms with E-state index in [1.54, 1.807) is 19.2 Å². The summed E-state index contributed by atoms with van der Waals surface area (Å²) in [6.07, 6.45) is 0. The van der Waals surface area contributed by atoms with Crippen molar-refractivity contribution in [1.29, 1.82) is 0 Å². The van der Waals surface area contributed by atoms with Crippen LogP contribution >= 0.6 is 0 Å². The molecule has 0 heterocycles. The van der Waals surface area contributed by atoms with Gasteiger partial charge in [0.15, 0.2) is 0 Å². The molecule has 0 saturated heterocycles. The highest BCUT2D eigenvalue weighted by Gasteiger charge is 2.00. The molecule has 0 unspecified atom stereocenters. The lowest BCUT2D eigenvalue weighted by Crippen LogP contribution is -2.17. The Balaban J connectivity index is 2.84. The fourth-order valence-corrected chi connectivity index (χ4v) is 0.937. The zero-order valence-electron chi connectivity index (χ0n) is 7.00. The summed E-state index contributed by atoms with van der Waals surface area (Å²) in [7, 11) is 1.61. The van der Waals surface area contributed by atoms with E-state index in [4.69, 9.17) is 5.73 Å². The van der Waals surface area contributed by atoms with Crippen molar-refractivity contribution in [1.82, 2.24) is 5.32 Å². The van der Waals surface area contributed by atoms with Crippen molar-refractivity contribution in [3.05, 3.63) is 35.4 Å². The standard InChI is InChI=1S/C9H12N2O/c1-11-9(12)8-4-2-7(6-10)3-5-8/h2-5H,6,10H2,1H3,(H,11,12). The summed E-state index contributed by atoms with van der Waals surface area (Å²) in [6.45, 7) is 0.508. The van der Waals surface area contributed by atoms with Gasteiger partial charge in [-0.1, -0.05) is 12.1 Å². The number of nitrogens with one attached hydrogen (secondary N) is 1. The van der Waals surface area contributed by atoms with Gasteiger partial charge in [-0.25, -0.2) is 0 Å². The van der Waals surface area contributed by atoms with Gasteiger partial charge in [0.05, 0.1) is 0 Å². The van der Waals surface area contributed by atoms with Gasteiger partial charge in [-0.15, -0.1) is 0 Å². The first-order valence-electron chi connectivity index (χ1n) is 3.79. The molecule has 0 bridgehead atoms. The van der Waals surface area contributed by atoms with Crippen LogP contribution in [-0.2, 0) is 6.54 Å². The second-order valence-corrected chi connectivity index (χ2v) is 2.48. The number of amides is 1. The number of hydrogen-bond donors (Lipinski definition) is 2. The topological polar surface area (TPSA) is 55.1 Å². The van der Waals surface area contributed by atoms with Gasteiger partial charge in [-0.2, -0.15) is 0 Å². The Morgan fingerprint density at radius 2 is 2.00 bits per heavy atom. The van der Waals surface area contributed by atoms with E-state index in [0.29, 0.717) is 12.1 Å². The van der Waals surface area contributed by atoms with Crippen molar-refractivity contribution >= 4 is 5.91 Å². The van der Waals surface area contributed by atoms with Crippen LogP contribution in [0, 0.1) is 0 Å². The van der Waals surface area contributed by atoms with Gasteiger partial charge in [0, 0.05) is 19.2 Å². The first kappa shape index (κ1) is 8.74. The highest BCUT2D eigenvalue weighted by atomic mass is 16.1. The summed E-state index contributed by atoms with van der Waals surface area (Å²) in [5.74, 6) is -0.0708. The quantitative estimate of drug-likeness (QED) is 0.669. The van der Waals surface area contributed by atoms with E-state index in [2.05, 4.69) is 5.32 Å². The molecule has 0 aliphatic rings. The molecule has 3 heteroatoms. The molecule has 0 aliphatic carbocycles. The van der Waals surface area contributed by atoms with E-state index in [1.165, 1.54) is 0 Å². The summed E-state index contributed by atoms with van der Waals surface area (Å²) in [6, 6.07) is 7.23. The van der Waals surface area contributed by atoms with E-state index >= 15 is 0 Å². The summed E-state index contributed by atoms with van der Waals surface area (Å²) in [5, 5.41) is 2.55. The van der Waals surface area contributed by atoms with Gasteiger partial charge in [-0.3, -0.25) is 4.79 Å². The average Bonchev–Trinajstić information content (AvgIpc) is 2.17. The third-order valence-electron chi connectivity index (χ3n) is 1.68. The molecule has 0 saturated carbocycles. The number of carbonyl (C=O) groups excluding carboxylic acids is 1. The molecule has 1 amide bonds. The normalized spacial score (nSPS) is 9.50. The van der Waals surface area contributed by atoms with Crippen molar-refractivity contribution in [3.63, 3.8) is 0 Å². The zero-order valence-corrected chi connectivity index (χ0v) is 7.00. The Labute approximate surface area is 71.6 Å². The minimum atomic E-state index is -0.0708. The van der Waals surface area contributed by atoms with Crippen molar-refractivity contribution < 1.29 is 4.79 Å². The summed E-state index contributed by atoms with van der Waals surface area (Å²) >= 11 is 0. The largest absolute Gasteiger partial charge is 0.355 e. The molecule has 3 N–H and O–H groups in total. The first-order chi connectivity index (χ1) is 5.77. The van der Waals surface area contributed by atoms with Crippen LogP contribution in [0.1, 0.15) is 15.9 Å². The monoisotopic (exact) mass is 164 g/mol. The number of rotatable bonds is 2. The van der Waals surface area contributed by atoms with Gasteiger partial charge >= 0.3 is 0 Å². The molecule has 0 aliphatic heterocycles. The van der Waals surface area contributed by atoms with E-state index in [0.717, 1.165) is 5.56 Å². The van der Waals surface area contributed by atoms with Crippen LogP contribution in [0.15, 0.2) is 24.3 Å². The maximum Gasteiger partial charge on any atom is 0.251 e. The maximum absolute atomic E-state index is 11.1. The Morgan fingerprint density at radius 3 is 2.42 bits per heavy atom. The fraction of sp³-hybridized carbons (Fsp3) is 0.222. The van der Waals surface area contributed by atoms with Crippen molar-refractivity contribution in [2.75, 3.05) is 7.05 Å². The summed E-state index contributed by atoms with van der Waals surface area (Å²) in [5.41, 5.74) is 7.10. The molecule has 0 spiro atoms. The predicted octanol–water partition coefficient (Wildman–Crippen LogP) is 0.505. The van der Waals surface area contributed by atoms with Crippen LogP contribution in [-0.4, -0.2) is 13.0 Å². The van der Waals surface area contributed by atoms with E-state index < -0.39 is 0 Å². The van der Waals surface area contributed by atoms with Crippen molar-refractivity contribution in [2.24, 2.45) is 5.73 Å².